The van der Waals surface area contributed by atoms with E-state index in [-0.39, 0.29) is 47.3 Å². The van der Waals surface area contributed by atoms with Gasteiger partial charge in [-0.3, -0.25) is 14.4 Å². The highest BCUT2D eigenvalue weighted by molar-refractivity contribution is 6.09. The molecule has 0 spiro atoms. The van der Waals surface area contributed by atoms with E-state index in [4.69, 9.17) is 25.7 Å². The Labute approximate surface area is 276 Å². The lowest BCUT2D eigenvalue weighted by atomic mass is 9.94. The zero-order valence-electron chi connectivity index (χ0n) is 26.9. The van der Waals surface area contributed by atoms with Crippen molar-refractivity contribution in [2.45, 2.75) is 64.1 Å². The number of rotatable bonds is 11. The number of primary amides is 1. The van der Waals surface area contributed by atoms with E-state index < -0.39 is 54.9 Å². The molecule has 0 bridgehead atoms. The van der Waals surface area contributed by atoms with Crippen LogP contribution in [-0.2, 0) is 23.8 Å². The summed E-state index contributed by atoms with van der Waals surface area (Å²) in [5, 5.41) is 22.0. The summed E-state index contributed by atoms with van der Waals surface area (Å²) in [4.78, 5) is 47.0. The van der Waals surface area contributed by atoms with Gasteiger partial charge in [-0.15, -0.1) is 0 Å². The summed E-state index contributed by atoms with van der Waals surface area (Å²) >= 11 is 0. The van der Waals surface area contributed by atoms with E-state index >= 15 is 0 Å². The van der Waals surface area contributed by atoms with Crippen LogP contribution in [0.5, 0.6) is 0 Å². The summed E-state index contributed by atoms with van der Waals surface area (Å²) in [6, 6.07) is 16.1. The van der Waals surface area contributed by atoms with Gasteiger partial charge in [0.15, 0.2) is 6.23 Å². The topological polar surface area (TPSA) is 202 Å². The Hall–Kier alpha value is -4.85. The van der Waals surface area contributed by atoms with Crippen LogP contribution in [0.2, 0.25) is 0 Å². The van der Waals surface area contributed by atoms with E-state index in [1.54, 1.807) is 6.92 Å². The lowest BCUT2D eigenvalue weighted by Crippen LogP contribution is -2.35. The number of nitrogens with two attached hydrogens (primary N) is 2. The lowest BCUT2D eigenvalue weighted by molar-refractivity contribution is -0.160. The predicted octanol–water partition coefficient (Wildman–Crippen LogP) is 2.99. The van der Waals surface area contributed by atoms with Gasteiger partial charge in [0.1, 0.15) is 48.8 Å². The molecule has 1 aliphatic heterocycles. The fourth-order valence-electron chi connectivity index (χ4n) is 6.76. The van der Waals surface area contributed by atoms with Crippen LogP contribution in [0.25, 0.3) is 22.2 Å². The molecule has 6 N–H and O–H groups in total. The zero-order valence-corrected chi connectivity index (χ0v) is 26.9. The molecule has 13 heteroatoms. The average Bonchev–Trinajstić information content (AvgIpc) is 3.68. The Morgan fingerprint density at radius 3 is 2.23 bits per heavy atom. The highest BCUT2D eigenvalue weighted by Crippen LogP contribution is 2.44. The van der Waals surface area contributed by atoms with Crippen molar-refractivity contribution in [1.82, 2.24) is 14.5 Å². The smallest absolute Gasteiger partial charge is 0.309 e. The Morgan fingerprint density at radius 1 is 0.958 bits per heavy atom. The zero-order chi connectivity index (χ0) is 34.3. The van der Waals surface area contributed by atoms with Crippen LogP contribution in [0.3, 0.4) is 0 Å². The Bertz CT molecular complexity index is 1830. The second-order valence-electron chi connectivity index (χ2n) is 12.8. The van der Waals surface area contributed by atoms with Crippen molar-refractivity contribution >= 4 is 34.7 Å². The number of carbonyl (C=O) groups is 3. The molecule has 5 atom stereocenters. The second-order valence-corrected chi connectivity index (χ2v) is 12.8. The summed E-state index contributed by atoms with van der Waals surface area (Å²) in [7, 11) is 0. The molecule has 4 aromatic rings. The van der Waals surface area contributed by atoms with Crippen LogP contribution in [0.15, 0.2) is 54.7 Å². The molecule has 0 radical (unpaired) electrons. The van der Waals surface area contributed by atoms with E-state index in [1.807, 2.05) is 50.2 Å². The molecule has 1 saturated heterocycles. The van der Waals surface area contributed by atoms with E-state index in [1.165, 1.54) is 10.8 Å². The van der Waals surface area contributed by atoms with Crippen LogP contribution in [0.1, 0.15) is 66.1 Å². The number of hydrogen-bond acceptors (Lipinski definition) is 11. The molecular weight excluding hydrogens is 618 g/mol. The van der Waals surface area contributed by atoms with Crippen molar-refractivity contribution < 1.29 is 38.8 Å². The van der Waals surface area contributed by atoms with E-state index in [0.29, 0.717) is 12.2 Å². The first-order valence-electron chi connectivity index (χ1n) is 15.9. The fourth-order valence-corrected chi connectivity index (χ4v) is 6.76. The van der Waals surface area contributed by atoms with Gasteiger partial charge in [-0.25, -0.2) is 9.97 Å². The maximum Gasteiger partial charge on any atom is 0.309 e. The van der Waals surface area contributed by atoms with Crippen LogP contribution in [0.4, 0.5) is 5.82 Å². The number of nitrogens with zero attached hydrogens (tertiary/aromatic N) is 3. The molecule has 2 aromatic heterocycles. The van der Waals surface area contributed by atoms with Crippen LogP contribution in [-0.4, -0.2) is 74.1 Å². The highest BCUT2D eigenvalue weighted by Gasteiger charge is 2.45. The molecule has 0 saturated carbocycles. The predicted molar refractivity (Wildman–Crippen MR) is 174 cm³/mol. The molecule has 2 aromatic carbocycles. The van der Waals surface area contributed by atoms with Crippen molar-refractivity contribution in [3.05, 3.63) is 77.2 Å². The summed E-state index contributed by atoms with van der Waals surface area (Å²) in [5.74, 6) is -2.46. The molecule has 0 unspecified atom stereocenters. The molecule has 6 rings (SSSR count). The van der Waals surface area contributed by atoms with E-state index in [2.05, 4.69) is 22.1 Å². The fraction of sp³-hybridized carbons (Fsp3) is 0.400. The summed E-state index contributed by atoms with van der Waals surface area (Å²) in [5.41, 5.74) is 16.2. The van der Waals surface area contributed by atoms with Gasteiger partial charge in [-0.1, -0.05) is 62.4 Å². The molecule has 1 amide bonds. The largest absolute Gasteiger partial charge is 0.465 e. The maximum atomic E-state index is 13.3. The number of anilines is 1. The third kappa shape index (κ3) is 6.23. The quantitative estimate of drug-likeness (QED) is 0.173. The summed E-state index contributed by atoms with van der Waals surface area (Å²) in [6.45, 7) is 5.21. The number of benzene rings is 2. The number of aliphatic hydroxyl groups excluding tert-OH is 2. The van der Waals surface area contributed by atoms with Gasteiger partial charge in [-0.2, -0.15) is 0 Å². The van der Waals surface area contributed by atoms with Gasteiger partial charge in [0, 0.05) is 12.1 Å². The number of fused-ring (bicyclic) bond motifs is 4. The van der Waals surface area contributed by atoms with Gasteiger partial charge < -0.3 is 40.5 Å². The van der Waals surface area contributed by atoms with Gasteiger partial charge in [0.25, 0.3) is 5.91 Å². The SMILES string of the molecule is Cc1nc(N)c2c(C(N)=O)cn([C@@H]3O[C@H](COC(=O)[C@@H](CC(=O)OCC4c5ccccc5-c5ccccc54)CC(C)C)[C@@H](O)[C@H]3O)c2n1. The number of ether oxygens (including phenoxy) is 3. The Morgan fingerprint density at radius 2 is 1.60 bits per heavy atom. The number of amides is 1. The van der Waals surface area contributed by atoms with Gasteiger partial charge in [0.05, 0.1) is 23.3 Å². The molecule has 252 valence electrons. The van der Waals surface area contributed by atoms with Crippen molar-refractivity contribution in [2.75, 3.05) is 18.9 Å². The standard InChI is InChI=1S/C35H39N5O8/c1-17(2)12-19(13-27(41)46-15-25-22-10-6-4-8-20(22)21-9-5-7-11-23(21)25)35(45)47-16-26-29(42)30(43)34(48-26)40-14-24(32(37)44)28-31(36)38-18(3)39-33(28)40/h4-11,14,17,19,25-26,29-30,34,42-43H,12-13,15-16H2,1-3H3,(H2,37,44)(H2,36,38,39)/t19-,26-,29-,30-,34-/m1/s1. The lowest BCUT2D eigenvalue weighted by Gasteiger charge is -2.20. The molecule has 13 nitrogen and oxygen atoms in total. The molecule has 1 fully saturated rings. The van der Waals surface area contributed by atoms with Gasteiger partial charge in [-0.05, 0) is 41.5 Å². The van der Waals surface area contributed by atoms with Crippen molar-refractivity contribution in [1.29, 1.82) is 0 Å². The van der Waals surface area contributed by atoms with Gasteiger partial charge >= 0.3 is 11.9 Å². The van der Waals surface area contributed by atoms with E-state index in [9.17, 15) is 24.6 Å². The molecule has 2 aliphatic rings. The normalized spacial score (nSPS) is 20.9. The van der Waals surface area contributed by atoms with Gasteiger partial charge in [0.2, 0.25) is 0 Å². The van der Waals surface area contributed by atoms with E-state index in [0.717, 1.165) is 22.3 Å². The molecule has 1 aliphatic carbocycles. The maximum absolute atomic E-state index is 13.3. The Balaban J connectivity index is 1.11. The first-order valence-corrected chi connectivity index (χ1v) is 15.9. The van der Waals surface area contributed by atoms with Crippen LogP contribution >= 0.6 is 0 Å². The number of esters is 2. The molecule has 48 heavy (non-hydrogen) atoms. The van der Waals surface area contributed by atoms with Crippen molar-refractivity contribution in [3.8, 4) is 11.1 Å². The average molecular weight is 658 g/mol. The first-order chi connectivity index (χ1) is 22.9. The minimum Gasteiger partial charge on any atom is -0.465 e. The molecule has 3 heterocycles. The number of hydrogen-bond donors (Lipinski definition) is 4. The number of aliphatic hydroxyl groups is 2. The number of nitrogen functional groups attached to an aromatic ring is 1. The minimum atomic E-state index is -1.48. The summed E-state index contributed by atoms with van der Waals surface area (Å²) in [6.07, 6.45) is -3.75. The minimum absolute atomic E-state index is 0.0208. The third-order valence-corrected chi connectivity index (χ3v) is 8.95. The van der Waals surface area contributed by atoms with Crippen molar-refractivity contribution in [3.63, 3.8) is 0 Å². The van der Waals surface area contributed by atoms with Crippen LogP contribution in [0, 0.1) is 18.8 Å². The highest BCUT2D eigenvalue weighted by atomic mass is 16.6. The number of carbonyl (C=O) groups excluding carboxylic acids is 3. The summed E-state index contributed by atoms with van der Waals surface area (Å²) < 4.78 is 18.6. The number of aryl methyl sites for hydroxylation is 1. The van der Waals surface area contributed by atoms with Crippen LogP contribution < -0.4 is 11.5 Å². The second kappa shape index (κ2) is 13.3. The third-order valence-electron chi connectivity index (χ3n) is 8.95. The molecular formula is C35H39N5O8. The number of aromatic nitrogens is 3. The Kier molecular flexibility index (Phi) is 9.19. The van der Waals surface area contributed by atoms with Crippen molar-refractivity contribution in [2.24, 2.45) is 17.6 Å². The first kappa shape index (κ1) is 33.1. The monoisotopic (exact) mass is 657 g/mol.